The lowest BCUT2D eigenvalue weighted by Gasteiger charge is -2.21. The van der Waals surface area contributed by atoms with Crippen molar-refractivity contribution in [1.82, 2.24) is 0 Å². The van der Waals surface area contributed by atoms with E-state index in [-0.39, 0.29) is 25.7 Å². The summed E-state index contributed by atoms with van der Waals surface area (Å²) in [5.41, 5.74) is 0. The van der Waals surface area contributed by atoms with Crippen LogP contribution in [0.4, 0.5) is 0 Å². The maximum atomic E-state index is 12.8. The first kappa shape index (κ1) is 69.1. The third-order valence-electron chi connectivity index (χ3n) is 11.8. The molecule has 2 unspecified atom stereocenters. The number of esters is 4. The molecule has 0 spiro atoms. The molecular formula is C52H100O17P2. The van der Waals surface area contributed by atoms with E-state index in [1.165, 1.54) is 57.8 Å². The number of hydrogen-bond donors (Lipinski definition) is 3. The first-order valence-corrected chi connectivity index (χ1v) is 30.6. The minimum atomic E-state index is -4.92. The summed E-state index contributed by atoms with van der Waals surface area (Å²) in [4.78, 5) is 70.9. The molecule has 5 atom stereocenters. The van der Waals surface area contributed by atoms with Crippen LogP contribution in [0.1, 0.15) is 247 Å². The van der Waals surface area contributed by atoms with Gasteiger partial charge in [0.1, 0.15) is 19.3 Å². The summed E-state index contributed by atoms with van der Waals surface area (Å²) < 4.78 is 66.9. The highest BCUT2D eigenvalue weighted by Crippen LogP contribution is 2.45. The van der Waals surface area contributed by atoms with E-state index in [1.54, 1.807) is 0 Å². The Hall–Kier alpha value is -1.94. The van der Waals surface area contributed by atoms with Crippen molar-refractivity contribution in [1.29, 1.82) is 0 Å². The van der Waals surface area contributed by atoms with Gasteiger partial charge in [-0.15, -0.1) is 0 Å². The lowest BCUT2D eigenvalue weighted by atomic mass is 10.0. The van der Waals surface area contributed by atoms with Crippen LogP contribution in [0.5, 0.6) is 0 Å². The van der Waals surface area contributed by atoms with E-state index in [0.29, 0.717) is 25.7 Å². The van der Waals surface area contributed by atoms with Crippen molar-refractivity contribution in [2.75, 3.05) is 39.6 Å². The average molecular weight is 1060 g/mol. The van der Waals surface area contributed by atoms with E-state index in [0.717, 1.165) is 109 Å². The third-order valence-corrected chi connectivity index (χ3v) is 13.7. The number of hydrogen-bond acceptors (Lipinski definition) is 15. The van der Waals surface area contributed by atoms with Crippen molar-refractivity contribution in [3.05, 3.63) is 0 Å². The quantitative estimate of drug-likeness (QED) is 0.0222. The van der Waals surface area contributed by atoms with Crippen LogP contribution in [0, 0.1) is 5.92 Å². The van der Waals surface area contributed by atoms with E-state index in [4.69, 9.17) is 37.0 Å². The molecule has 0 heterocycles. The van der Waals surface area contributed by atoms with Crippen LogP contribution >= 0.6 is 15.6 Å². The Balaban J connectivity index is 5.01. The molecule has 3 N–H and O–H groups in total. The zero-order valence-corrected chi connectivity index (χ0v) is 46.6. The molecule has 0 bridgehead atoms. The summed E-state index contributed by atoms with van der Waals surface area (Å²) >= 11 is 0. The molecule has 0 aliphatic carbocycles. The van der Waals surface area contributed by atoms with Gasteiger partial charge in [-0.05, 0) is 31.6 Å². The standard InChI is InChI=1S/C52H100O17P2/c1-6-9-12-24-30-35-49(54)62-41-47(68-51(56)37-32-26-14-11-8-3)43-66-70(58,59)64-39-46(53)40-65-71(60,61)67-44-48(42-63-50(55)36-31-25-13-10-7-2)69-52(57)38-33-28-23-21-19-17-15-16-18-20-22-27-29-34-45(4)5/h45-48,53H,6-44H2,1-5H3,(H,58,59)(H,60,61)/t46-,47+,48+/m0/s1. The molecule has 0 aromatic rings. The van der Waals surface area contributed by atoms with Crippen LogP contribution < -0.4 is 0 Å². The second-order valence-electron chi connectivity index (χ2n) is 19.4. The Bertz CT molecular complexity index is 1420. The van der Waals surface area contributed by atoms with E-state index < -0.39 is 97.5 Å². The van der Waals surface area contributed by atoms with Crippen molar-refractivity contribution in [3.63, 3.8) is 0 Å². The van der Waals surface area contributed by atoms with Gasteiger partial charge in [-0.25, -0.2) is 9.13 Å². The molecule has 19 heteroatoms. The van der Waals surface area contributed by atoms with Gasteiger partial charge in [0.2, 0.25) is 0 Å². The van der Waals surface area contributed by atoms with E-state index in [9.17, 15) is 43.2 Å². The van der Waals surface area contributed by atoms with Crippen molar-refractivity contribution in [2.24, 2.45) is 5.92 Å². The predicted octanol–water partition coefficient (Wildman–Crippen LogP) is 13.1. The first-order chi connectivity index (χ1) is 34.0. The Morgan fingerprint density at radius 2 is 0.648 bits per heavy atom. The van der Waals surface area contributed by atoms with Crippen LogP contribution in [0.15, 0.2) is 0 Å². The van der Waals surface area contributed by atoms with Crippen LogP contribution in [0.2, 0.25) is 0 Å². The number of ether oxygens (including phenoxy) is 4. The molecule has 0 radical (unpaired) electrons. The van der Waals surface area contributed by atoms with Crippen LogP contribution in [0.3, 0.4) is 0 Å². The second kappa shape index (κ2) is 46.6. The summed E-state index contributed by atoms with van der Waals surface area (Å²) in [6.07, 6.45) is 26.4. The summed E-state index contributed by atoms with van der Waals surface area (Å²) in [7, 11) is -9.83. The Labute approximate surface area is 428 Å². The zero-order chi connectivity index (χ0) is 52.9. The first-order valence-electron chi connectivity index (χ1n) is 27.6. The average Bonchev–Trinajstić information content (AvgIpc) is 3.32. The molecular weight excluding hydrogens is 959 g/mol. The molecule has 71 heavy (non-hydrogen) atoms. The predicted molar refractivity (Wildman–Crippen MR) is 275 cm³/mol. The SMILES string of the molecule is CCCCCCCC(=O)OC[C@H](COP(=O)(O)OC[C@H](O)COP(=O)(O)OC[C@@H](COC(=O)CCCCCCC)OC(=O)CCCCCCCCCCCCCCCC(C)C)OC(=O)CCCCCCC. The molecule has 0 aliphatic rings. The molecule has 17 nitrogen and oxygen atoms in total. The van der Waals surface area contributed by atoms with Gasteiger partial charge >= 0.3 is 39.5 Å². The number of unbranched alkanes of at least 4 members (excludes halogenated alkanes) is 24. The van der Waals surface area contributed by atoms with Gasteiger partial charge in [0.05, 0.1) is 26.4 Å². The summed E-state index contributed by atoms with van der Waals surface area (Å²) in [5.74, 6) is -1.40. The fourth-order valence-corrected chi connectivity index (χ4v) is 9.04. The molecule has 0 rings (SSSR count). The molecule has 0 saturated carbocycles. The van der Waals surface area contributed by atoms with Crippen molar-refractivity contribution < 1.29 is 80.2 Å². The van der Waals surface area contributed by atoms with Crippen LogP contribution in [-0.2, 0) is 65.4 Å². The summed E-state index contributed by atoms with van der Waals surface area (Å²) in [6.45, 7) is 6.84. The monoisotopic (exact) mass is 1060 g/mol. The number of aliphatic hydroxyl groups excluding tert-OH is 1. The molecule has 420 valence electrons. The van der Waals surface area contributed by atoms with Gasteiger partial charge in [0.15, 0.2) is 12.2 Å². The lowest BCUT2D eigenvalue weighted by molar-refractivity contribution is -0.161. The Morgan fingerprint density at radius 3 is 0.958 bits per heavy atom. The molecule has 0 aromatic heterocycles. The van der Waals surface area contributed by atoms with E-state index in [1.807, 2.05) is 0 Å². The number of phosphoric acid groups is 2. The van der Waals surface area contributed by atoms with Crippen LogP contribution in [0.25, 0.3) is 0 Å². The molecule has 0 saturated heterocycles. The van der Waals surface area contributed by atoms with Crippen molar-refractivity contribution in [3.8, 4) is 0 Å². The molecule has 0 aromatic carbocycles. The zero-order valence-electron chi connectivity index (χ0n) is 44.8. The van der Waals surface area contributed by atoms with Crippen molar-refractivity contribution in [2.45, 2.75) is 265 Å². The highest BCUT2D eigenvalue weighted by Gasteiger charge is 2.30. The molecule has 0 amide bonds. The maximum Gasteiger partial charge on any atom is 0.472 e. The highest BCUT2D eigenvalue weighted by molar-refractivity contribution is 7.47. The topological polar surface area (TPSA) is 237 Å². The number of aliphatic hydroxyl groups is 1. The van der Waals surface area contributed by atoms with Gasteiger partial charge in [0, 0.05) is 25.7 Å². The fourth-order valence-electron chi connectivity index (χ4n) is 7.46. The maximum absolute atomic E-state index is 12.8. The third kappa shape index (κ3) is 47.5. The van der Waals surface area contributed by atoms with Crippen molar-refractivity contribution >= 4 is 39.5 Å². The second-order valence-corrected chi connectivity index (χ2v) is 22.3. The van der Waals surface area contributed by atoms with E-state index >= 15 is 0 Å². The summed E-state index contributed by atoms with van der Waals surface area (Å²) in [5, 5.41) is 10.4. The smallest absolute Gasteiger partial charge is 0.462 e. The summed E-state index contributed by atoms with van der Waals surface area (Å²) in [6, 6.07) is 0. The number of carbonyl (C=O) groups is 4. The molecule has 0 aliphatic heterocycles. The number of rotatable bonds is 52. The van der Waals surface area contributed by atoms with Crippen LogP contribution in [-0.4, -0.2) is 96.7 Å². The van der Waals surface area contributed by atoms with Gasteiger partial charge in [-0.1, -0.05) is 195 Å². The largest absolute Gasteiger partial charge is 0.472 e. The highest BCUT2D eigenvalue weighted by atomic mass is 31.2. The minimum Gasteiger partial charge on any atom is -0.462 e. The van der Waals surface area contributed by atoms with Gasteiger partial charge in [0.25, 0.3) is 0 Å². The van der Waals surface area contributed by atoms with E-state index in [2.05, 4.69) is 34.6 Å². The van der Waals surface area contributed by atoms with Gasteiger partial charge in [-0.2, -0.15) is 0 Å². The van der Waals surface area contributed by atoms with Gasteiger partial charge in [-0.3, -0.25) is 37.3 Å². The fraction of sp³-hybridized carbons (Fsp3) is 0.923. The lowest BCUT2D eigenvalue weighted by Crippen LogP contribution is -2.30. The number of carbonyl (C=O) groups excluding carboxylic acids is 4. The minimum absolute atomic E-state index is 0.0985. The normalized spacial score (nSPS) is 14.6. The Kier molecular flexibility index (Phi) is 45.3. The van der Waals surface area contributed by atoms with Gasteiger partial charge < -0.3 is 33.8 Å². The Morgan fingerprint density at radius 1 is 0.380 bits per heavy atom. The number of phosphoric ester groups is 2. The molecule has 0 fully saturated rings.